The van der Waals surface area contributed by atoms with Crippen molar-refractivity contribution >= 4 is 37.5 Å². The van der Waals surface area contributed by atoms with E-state index in [0.717, 1.165) is 4.31 Å². The van der Waals surface area contributed by atoms with Crippen molar-refractivity contribution in [3.63, 3.8) is 0 Å². The molecule has 1 fully saturated rings. The van der Waals surface area contributed by atoms with Crippen LogP contribution >= 0.6 is 15.9 Å². The van der Waals surface area contributed by atoms with Crippen LogP contribution in [0.4, 0.5) is 5.69 Å². The molecule has 0 unspecified atom stereocenters. The van der Waals surface area contributed by atoms with Crippen LogP contribution in [0, 0.1) is 18.3 Å². The third-order valence-electron chi connectivity index (χ3n) is 3.39. The van der Waals surface area contributed by atoms with E-state index in [0.29, 0.717) is 15.7 Å². The summed E-state index contributed by atoms with van der Waals surface area (Å²) in [6.07, 6.45) is 0. The quantitative estimate of drug-likeness (QED) is 0.829. The van der Waals surface area contributed by atoms with Crippen molar-refractivity contribution < 1.29 is 17.9 Å². The number of halogens is 1. The summed E-state index contributed by atoms with van der Waals surface area (Å²) in [7, 11) is -3.83. The van der Waals surface area contributed by atoms with Gasteiger partial charge >= 0.3 is 0 Å². The van der Waals surface area contributed by atoms with Crippen molar-refractivity contribution in [2.75, 3.05) is 25.1 Å². The molecule has 1 heterocycles. The molecule has 0 spiro atoms. The number of nitrogens with zero attached hydrogens (tertiary/aromatic N) is 2. The summed E-state index contributed by atoms with van der Waals surface area (Å²) in [4.78, 5) is 11.3. The van der Waals surface area contributed by atoms with Gasteiger partial charge in [0.05, 0.1) is 29.9 Å². The predicted molar refractivity (Wildman–Crippen MR) is 87.3 cm³/mol. The summed E-state index contributed by atoms with van der Waals surface area (Å²) in [5, 5.41) is 11.8. The fraction of sp³-hybridized carbons (Fsp3) is 0.429. The predicted octanol–water partition coefficient (Wildman–Crippen LogP) is 1.63. The Kier molecular flexibility index (Phi) is 5.41. The molecule has 1 N–H and O–H groups in total. The molecule has 0 saturated carbocycles. The van der Waals surface area contributed by atoms with Gasteiger partial charge in [-0.25, -0.2) is 8.42 Å². The van der Waals surface area contributed by atoms with E-state index in [9.17, 15) is 13.2 Å². The fourth-order valence-electron chi connectivity index (χ4n) is 2.33. The number of benzene rings is 1. The van der Waals surface area contributed by atoms with Crippen molar-refractivity contribution in [3.8, 4) is 6.07 Å². The van der Waals surface area contributed by atoms with Gasteiger partial charge in [0, 0.05) is 17.9 Å². The highest BCUT2D eigenvalue weighted by Gasteiger charge is 2.35. The van der Waals surface area contributed by atoms with Gasteiger partial charge in [-0.3, -0.25) is 4.79 Å². The van der Waals surface area contributed by atoms with Crippen LogP contribution in [0.5, 0.6) is 0 Å². The van der Waals surface area contributed by atoms with Gasteiger partial charge in [0.1, 0.15) is 6.04 Å². The number of sulfonamides is 1. The van der Waals surface area contributed by atoms with Gasteiger partial charge in [-0.05, 0) is 40.5 Å². The first-order valence-corrected chi connectivity index (χ1v) is 9.07. The zero-order valence-corrected chi connectivity index (χ0v) is 15.1. The van der Waals surface area contributed by atoms with Gasteiger partial charge in [-0.2, -0.15) is 9.57 Å². The van der Waals surface area contributed by atoms with Crippen LogP contribution < -0.4 is 5.32 Å². The van der Waals surface area contributed by atoms with Crippen molar-refractivity contribution in [2.24, 2.45) is 0 Å². The van der Waals surface area contributed by atoms with E-state index in [4.69, 9.17) is 10.00 Å². The van der Waals surface area contributed by atoms with Crippen molar-refractivity contribution in [1.82, 2.24) is 4.31 Å². The lowest BCUT2D eigenvalue weighted by molar-refractivity contribution is -0.114. The smallest absolute Gasteiger partial charge is 0.244 e. The number of anilines is 1. The number of hydrogen-bond acceptors (Lipinski definition) is 5. The number of carbonyl (C=O) groups is 1. The van der Waals surface area contributed by atoms with E-state index in [-0.39, 0.29) is 30.6 Å². The first-order chi connectivity index (χ1) is 10.8. The number of amides is 1. The lowest BCUT2D eigenvalue weighted by atomic mass is 10.2. The maximum absolute atomic E-state index is 12.9. The van der Waals surface area contributed by atoms with Crippen LogP contribution in [-0.4, -0.2) is 44.4 Å². The van der Waals surface area contributed by atoms with Gasteiger partial charge in [0.2, 0.25) is 15.9 Å². The Labute approximate surface area is 143 Å². The van der Waals surface area contributed by atoms with Crippen LogP contribution in [0.3, 0.4) is 0 Å². The number of ether oxygens (including phenoxy) is 1. The first-order valence-electron chi connectivity index (χ1n) is 6.84. The molecule has 0 bridgehead atoms. The van der Waals surface area contributed by atoms with Gasteiger partial charge in [0.25, 0.3) is 0 Å². The molecule has 1 atom stereocenters. The van der Waals surface area contributed by atoms with E-state index in [1.165, 1.54) is 13.0 Å². The molecule has 23 heavy (non-hydrogen) atoms. The summed E-state index contributed by atoms with van der Waals surface area (Å²) in [6, 6.07) is 4.14. The molecule has 7 nitrogen and oxygen atoms in total. The number of nitriles is 1. The molecular formula is C14H16BrN3O4S. The second-order valence-electron chi connectivity index (χ2n) is 5.11. The molecule has 1 amide bonds. The molecule has 124 valence electrons. The Morgan fingerprint density at radius 3 is 2.83 bits per heavy atom. The summed E-state index contributed by atoms with van der Waals surface area (Å²) in [6.45, 7) is 3.46. The number of nitrogens with one attached hydrogen (secondary N) is 1. The normalized spacial score (nSPS) is 19.1. The SMILES string of the molecule is CC(=O)Nc1cc(C)c(S(=O)(=O)N2CCOC[C@@H]2C#N)cc1Br. The molecule has 1 aromatic carbocycles. The van der Waals surface area contributed by atoms with Gasteiger partial charge in [-0.15, -0.1) is 0 Å². The Hall–Kier alpha value is -1.47. The van der Waals surface area contributed by atoms with Crippen LogP contribution in [-0.2, 0) is 19.6 Å². The monoisotopic (exact) mass is 401 g/mol. The first kappa shape index (κ1) is 17.9. The summed E-state index contributed by atoms with van der Waals surface area (Å²) >= 11 is 3.27. The summed E-state index contributed by atoms with van der Waals surface area (Å²) in [5.41, 5.74) is 0.980. The number of rotatable bonds is 3. The van der Waals surface area contributed by atoms with Crippen LogP contribution in [0.1, 0.15) is 12.5 Å². The molecule has 2 rings (SSSR count). The van der Waals surface area contributed by atoms with Crippen molar-refractivity contribution in [1.29, 1.82) is 5.26 Å². The van der Waals surface area contributed by atoms with E-state index in [1.54, 1.807) is 13.0 Å². The van der Waals surface area contributed by atoms with E-state index >= 15 is 0 Å². The lowest BCUT2D eigenvalue weighted by Gasteiger charge is -2.31. The van der Waals surface area contributed by atoms with Crippen molar-refractivity contribution in [3.05, 3.63) is 22.2 Å². The number of carbonyl (C=O) groups excluding carboxylic acids is 1. The van der Waals surface area contributed by atoms with Gasteiger partial charge < -0.3 is 10.1 Å². The minimum atomic E-state index is -3.83. The maximum Gasteiger partial charge on any atom is 0.244 e. The topological polar surface area (TPSA) is 99.5 Å². The highest BCUT2D eigenvalue weighted by Crippen LogP contribution is 2.31. The molecule has 0 aromatic heterocycles. The Morgan fingerprint density at radius 1 is 1.52 bits per heavy atom. The molecule has 1 aromatic rings. The zero-order chi connectivity index (χ0) is 17.2. The molecule has 1 saturated heterocycles. The van der Waals surface area contributed by atoms with Crippen LogP contribution in [0.15, 0.2) is 21.5 Å². The number of aryl methyl sites for hydroxylation is 1. The molecule has 0 radical (unpaired) electrons. The minimum Gasteiger partial charge on any atom is -0.377 e. The van der Waals surface area contributed by atoms with Gasteiger partial charge in [0.15, 0.2) is 0 Å². The van der Waals surface area contributed by atoms with Crippen LogP contribution in [0.2, 0.25) is 0 Å². The Bertz CT molecular complexity index is 773. The zero-order valence-electron chi connectivity index (χ0n) is 12.7. The average Bonchev–Trinajstić information content (AvgIpc) is 2.49. The van der Waals surface area contributed by atoms with E-state index < -0.39 is 16.1 Å². The van der Waals surface area contributed by atoms with E-state index in [1.807, 2.05) is 6.07 Å². The number of morpholine rings is 1. The molecule has 0 aliphatic carbocycles. The average molecular weight is 402 g/mol. The molecule has 1 aliphatic heterocycles. The fourth-order valence-corrected chi connectivity index (χ4v) is 4.67. The molecule has 9 heteroatoms. The van der Waals surface area contributed by atoms with Crippen LogP contribution in [0.25, 0.3) is 0 Å². The summed E-state index contributed by atoms with van der Waals surface area (Å²) < 4.78 is 32.5. The molecule has 1 aliphatic rings. The second kappa shape index (κ2) is 6.97. The van der Waals surface area contributed by atoms with Crippen molar-refractivity contribution in [2.45, 2.75) is 24.8 Å². The maximum atomic E-state index is 12.9. The number of hydrogen-bond donors (Lipinski definition) is 1. The largest absolute Gasteiger partial charge is 0.377 e. The lowest BCUT2D eigenvalue weighted by Crippen LogP contribution is -2.47. The highest BCUT2D eigenvalue weighted by molar-refractivity contribution is 9.10. The summed E-state index contributed by atoms with van der Waals surface area (Å²) in [5.74, 6) is -0.251. The molecular weight excluding hydrogens is 386 g/mol. The highest BCUT2D eigenvalue weighted by atomic mass is 79.9. The van der Waals surface area contributed by atoms with Gasteiger partial charge in [-0.1, -0.05) is 0 Å². The second-order valence-corrected chi connectivity index (χ2v) is 7.83. The standard InChI is InChI=1S/C14H16BrN3O4S/c1-9-5-13(17-10(2)19)12(15)6-14(9)23(20,21)18-3-4-22-8-11(18)7-16/h5-6,11H,3-4,8H2,1-2H3,(H,17,19)/t11-/m0/s1. The third kappa shape index (κ3) is 3.72. The Morgan fingerprint density at radius 2 is 2.22 bits per heavy atom. The third-order valence-corrected chi connectivity index (χ3v) is 6.10. The Balaban J connectivity index is 2.46. The minimum absolute atomic E-state index is 0.0555. The van der Waals surface area contributed by atoms with E-state index in [2.05, 4.69) is 21.2 Å².